The maximum absolute atomic E-state index is 12.9. The summed E-state index contributed by atoms with van der Waals surface area (Å²) in [7, 11) is 0. The first-order chi connectivity index (χ1) is 15.6. The van der Waals surface area contributed by atoms with Crippen molar-refractivity contribution in [1.29, 1.82) is 0 Å². The number of ether oxygens (including phenoxy) is 1. The van der Waals surface area contributed by atoms with Gasteiger partial charge in [0.2, 0.25) is 11.8 Å². The number of benzene rings is 1. The van der Waals surface area contributed by atoms with Crippen LogP contribution < -0.4 is 10.2 Å². The van der Waals surface area contributed by atoms with Crippen molar-refractivity contribution < 1.29 is 18.4 Å². The van der Waals surface area contributed by atoms with E-state index in [9.17, 15) is 4.79 Å². The van der Waals surface area contributed by atoms with E-state index in [0.29, 0.717) is 24.1 Å². The van der Waals surface area contributed by atoms with Gasteiger partial charge in [0.15, 0.2) is 5.76 Å². The van der Waals surface area contributed by atoms with E-state index in [-0.39, 0.29) is 11.9 Å². The average molecular weight is 440 g/mol. The minimum absolute atomic E-state index is 0.0802. The van der Waals surface area contributed by atoms with Crippen molar-refractivity contribution in [3.05, 3.63) is 48.6 Å². The van der Waals surface area contributed by atoms with Gasteiger partial charge in [-0.1, -0.05) is 6.92 Å². The number of hydrogen-bond donors (Lipinski definition) is 1. The summed E-state index contributed by atoms with van der Waals surface area (Å²) < 4.78 is 16.4. The van der Waals surface area contributed by atoms with E-state index in [1.807, 2.05) is 36.1 Å². The maximum Gasteiger partial charge on any atom is 0.283 e. The molecule has 3 heterocycles. The smallest absolute Gasteiger partial charge is 0.283 e. The summed E-state index contributed by atoms with van der Waals surface area (Å²) >= 11 is 0. The Labute approximate surface area is 187 Å². The summed E-state index contributed by atoms with van der Waals surface area (Å²) in [6, 6.07) is 11.1. The van der Waals surface area contributed by atoms with E-state index in [1.54, 1.807) is 18.4 Å². The van der Waals surface area contributed by atoms with Gasteiger partial charge in [0, 0.05) is 24.5 Å². The van der Waals surface area contributed by atoms with Gasteiger partial charge in [-0.05, 0) is 56.3 Å². The first kappa shape index (κ1) is 22.0. The van der Waals surface area contributed by atoms with Gasteiger partial charge in [-0.15, -0.1) is 10.2 Å². The second-order valence-corrected chi connectivity index (χ2v) is 7.76. The Bertz CT molecular complexity index is 980. The second kappa shape index (κ2) is 10.4. The van der Waals surface area contributed by atoms with E-state index in [0.717, 1.165) is 50.6 Å². The minimum Gasteiger partial charge on any atom is -0.459 e. The average Bonchev–Trinajstić information content (AvgIpc) is 3.51. The van der Waals surface area contributed by atoms with Crippen LogP contribution in [0.25, 0.3) is 11.7 Å². The Kier molecular flexibility index (Phi) is 7.18. The van der Waals surface area contributed by atoms with Crippen molar-refractivity contribution in [2.45, 2.75) is 32.9 Å². The summed E-state index contributed by atoms with van der Waals surface area (Å²) in [5, 5.41) is 11.2. The highest BCUT2D eigenvalue weighted by atomic mass is 16.5. The zero-order valence-electron chi connectivity index (χ0n) is 18.5. The lowest BCUT2D eigenvalue weighted by Crippen LogP contribution is -2.42. The molecular formula is C23H29N5O4. The molecule has 1 N–H and O–H groups in total. The molecule has 170 valence electrons. The number of nitrogens with one attached hydrogen (secondary N) is 1. The summed E-state index contributed by atoms with van der Waals surface area (Å²) in [6.07, 6.45) is 2.45. The number of aromatic nitrogens is 2. The molecule has 1 fully saturated rings. The first-order valence-corrected chi connectivity index (χ1v) is 11.0. The topological polar surface area (TPSA) is 96.9 Å². The number of morpholine rings is 1. The maximum atomic E-state index is 12.9. The van der Waals surface area contributed by atoms with Gasteiger partial charge in [-0.2, -0.15) is 0 Å². The lowest BCUT2D eigenvalue weighted by molar-refractivity contribution is -0.121. The Morgan fingerprint density at radius 1 is 1.19 bits per heavy atom. The normalized spacial score (nSPS) is 15.2. The summed E-state index contributed by atoms with van der Waals surface area (Å²) in [5.41, 5.74) is 1.91. The van der Waals surface area contributed by atoms with Crippen LogP contribution in [-0.2, 0) is 16.1 Å². The minimum atomic E-state index is -0.368. The molecule has 1 aliphatic rings. The van der Waals surface area contributed by atoms with Crippen molar-refractivity contribution in [2.75, 3.05) is 43.1 Å². The molecule has 1 aliphatic heterocycles. The van der Waals surface area contributed by atoms with Crippen molar-refractivity contribution in [3.63, 3.8) is 0 Å². The van der Waals surface area contributed by atoms with Gasteiger partial charge >= 0.3 is 0 Å². The fourth-order valence-electron chi connectivity index (χ4n) is 3.68. The molecule has 0 unspecified atom stereocenters. The van der Waals surface area contributed by atoms with Crippen molar-refractivity contribution >= 4 is 17.3 Å². The first-order valence-electron chi connectivity index (χ1n) is 11.0. The van der Waals surface area contributed by atoms with Crippen molar-refractivity contribution in [3.8, 4) is 11.7 Å². The molecule has 3 aromatic rings. The molecule has 32 heavy (non-hydrogen) atoms. The number of amides is 1. The van der Waals surface area contributed by atoms with Gasteiger partial charge < -0.3 is 23.8 Å². The van der Waals surface area contributed by atoms with Crippen LogP contribution in [0.1, 0.15) is 26.2 Å². The molecule has 0 aliphatic carbocycles. The molecule has 9 heteroatoms. The number of nitrogens with zero attached hydrogens (tertiary/aromatic N) is 4. The molecule has 1 atom stereocenters. The number of hydrogen-bond acceptors (Lipinski definition) is 8. The molecule has 4 rings (SSSR count). The summed E-state index contributed by atoms with van der Waals surface area (Å²) in [6.45, 7) is 8.31. The standard InChI is InChI=1S/C23H29N5O4/c1-3-10-28(16-21-25-26-23(32-21)20-5-4-13-31-20)17(2)22(29)24-18-6-8-19(9-7-18)27-11-14-30-15-12-27/h4-9,13,17H,3,10-12,14-16H2,1-2H3,(H,24,29)/t17-/m0/s1. The molecule has 9 nitrogen and oxygen atoms in total. The molecule has 0 bridgehead atoms. The lowest BCUT2D eigenvalue weighted by Gasteiger charge is -2.29. The van der Waals surface area contributed by atoms with Gasteiger partial charge in [0.05, 0.1) is 32.1 Å². The third kappa shape index (κ3) is 5.35. The van der Waals surface area contributed by atoms with Gasteiger partial charge in [-0.3, -0.25) is 9.69 Å². The summed E-state index contributed by atoms with van der Waals surface area (Å²) in [4.78, 5) is 17.2. The molecule has 0 radical (unpaired) electrons. The fraction of sp³-hybridized carbons (Fsp3) is 0.435. The summed E-state index contributed by atoms with van der Waals surface area (Å²) in [5.74, 6) is 1.22. The fourth-order valence-corrected chi connectivity index (χ4v) is 3.68. The Morgan fingerprint density at radius 2 is 1.97 bits per heavy atom. The van der Waals surface area contributed by atoms with E-state index in [1.165, 1.54) is 0 Å². The number of carbonyl (C=O) groups excluding carboxylic acids is 1. The van der Waals surface area contributed by atoms with Crippen LogP contribution in [0.2, 0.25) is 0 Å². The monoisotopic (exact) mass is 439 g/mol. The van der Waals surface area contributed by atoms with Crippen molar-refractivity contribution in [1.82, 2.24) is 15.1 Å². The Morgan fingerprint density at radius 3 is 2.66 bits per heavy atom. The number of rotatable bonds is 9. The van der Waals surface area contributed by atoms with Crippen molar-refractivity contribution in [2.24, 2.45) is 0 Å². The van der Waals surface area contributed by atoms with Gasteiger partial charge in [0.1, 0.15) is 0 Å². The lowest BCUT2D eigenvalue weighted by atomic mass is 10.2. The molecule has 0 saturated carbocycles. The van der Waals surface area contributed by atoms with Crippen LogP contribution >= 0.6 is 0 Å². The predicted molar refractivity (Wildman–Crippen MR) is 120 cm³/mol. The SMILES string of the molecule is CCCN(Cc1nnc(-c2ccco2)o1)[C@@H](C)C(=O)Nc1ccc(N2CCOCC2)cc1. The van der Waals surface area contributed by atoms with Crippen LogP contribution in [0.5, 0.6) is 0 Å². The molecule has 1 amide bonds. The highest BCUT2D eigenvalue weighted by Crippen LogP contribution is 2.21. The van der Waals surface area contributed by atoms with Gasteiger partial charge in [0.25, 0.3) is 5.89 Å². The Balaban J connectivity index is 1.37. The molecular weight excluding hydrogens is 410 g/mol. The van der Waals surface area contributed by atoms with E-state index in [2.05, 4.69) is 27.3 Å². The zero-order chi connectivity index (χ0) is 22.3. The van der Waals surface area contributed by atoms with Crippen LogP contribution in [0, 0.1) is 0 Å². The molecule has 0 spiro atoms. The molecule has 1 saturated heterocycles. The largest absolute Gasteiger partial charge is 0.459 e. The second-order valence-electron chi connectivity index (χ2n) is 7.76. The predicted octanol–water partition coefficient (Wildman–Crippen LogP) is 3.41. The number of furan rings is 1. The Hall–Kier alpha value is -3.17. The van der Waals surface area contributed by atoms with Crippen LogP contribution in [0.4, 0.5) is 11.4 Å². The van der Waals surface area contributed by atoms with E-state index in [4.69, 9.17) is 13.6 Å². The number of anilines is 2. The highest BCUT2D eigenvalue weighted by Gasteiger charge is 2.23. The van der Waals surface area contributed by atoms with E-state index >= 15 is 0 Å². The third-order valence-electron chi connectivity index (χ3n) is 5.49. The third-order valence-corrected chi connectivity index (χ3v) is 5.49. The van der Waals surface area contributed by atoms with Gasteiger partial charge in [-0.25, -0.2) is 0 Å². The van der Waals surface area contributed by atoms with Crippen LogP contribution in [0.15, 0.2) is 51.5 Å². The highest BCUT2D eigenvalue weighted by molar-refractivity contribution is 5.94. The quantitative estimate of drug-likeness (QED) is 0.542. The zero-order valence-corrected chi connectivity index (χ0v) is 18.5. The molecule has 1 aromatic carbocycles. The van der Waals surface area contributed by atoms with E-state index < -0.39 is 0 Å². The number of carbonyl (C=O) groups is 1. The van der Waals surface area contributed by atoms with Crippen LogP contribution in [-0.4, -0.2) is 59.9 Å². The van der Waals surface area contributed by atoms with Crippen LogP contribution in [0.3, 0.4) is 0 Å². The molecule has 2 aromatic heterocycles.